The van der Waals surface area contributed by atoms with Gasteiger partial charge >= 0.3 is 0 Å². The fourth-order valence-electron chi connectivity index (χ4n) is 6.64. The zero-order valence-corrected chi connectivity index (χ0v) is 18.0. The Morgan fingerprint density at radius 1 is 1.33 bits per heavy atom. The number of aromatic amines is 1. The predicted molar refractivity (Wildman–Crippen MR) is 112 cm³/mol. The topological polar surface area (TPSA) is 183 Å². The molecule has 11 nitrogen and oxygen atoms in total. The van der Waals surface area contributed by atoms with Crippen molar-refractivity contribution in [3.05, 3.63) is 21.9 Å². The van der Waals surface area contributed by atoms with Gasteiger partial charge in [0.1, 0.15) is 22.9 Å². The third kappa shape index (κ3) is 1.80. The van der Waals surface area contributed by atoms with Crippen molar-refractivity contribution in [2.75, 3.05) is 13.1 Å². The Hall–Kier alpha value is -2.02. The molecule has 4 aliphatic heterocycles. The highest BCUT2D eigenvalue weighted by molar-refractivity contribution is 9.10. The summed E-state index contributed by atoms with van der Waals surface area (Å²) in [5.41, 5.74) is 17.3. The van der Waals surface area contributed by atoms with Crippen LogP contribution in [-0.2, 0) is 0 Å². The first-order valence-corrected chi connectivity index (χ1v) is 10.9. The lowest BCUT2D eigenvalue weighted by Gasteiger charge is -2.51. The number of amides is 1. The van der Waals surface area contributed by atoms with E-state index in [4.69, 9.17) is 28.8 Å². The van der Waals surface area contributed by atoms with Crippen LogP contribution in [0.1, 0.15) is 22.1 Å². The molecular weight excluding hydrogens is 478 g/mol. The summed E-state index contributed by atoms with van der Waals surface area (Å²) < 4.78 is 0.735. The smallest absolute Gasteiger partial charge is 0.272 e. The maximum atomic E-state index is 13.6. The van der Waals surface area contributed by atoms with Crippen molar-refractivity contribution in [2.45, 2.75) is 28.8 Å². The Morgan fingerprint density at radius 2 is 2.07 bits per heavy atom. The first-order valence-electron chi connectivity index (χ1n) is 9.71. The van der Waals surface area contributed by atoms with Gasteiger partial charge in [-0.05, 0) is 34.3 Å². The molecule has 5 aliphatic rings. The number of fused-ring (bicyclic) bond motifs is 4. The zero-order chi connectivity index (χ0) is 21.2. The number of aromatic nitrogens is 1. The Bertz CT molecular complexity index is 1040. The third-order valence-electron chi connectivity index (χ3n) is 7.56. The molecule has 6 rings (SSSR count). The summed E-state index contributed by atoms with van der Waals surface area (Å²) in [5, 5.41) is 17.0. The van der Waals surface area contributed by atoms with Crippen molar-refractivity contribution >= 4 is 45.4 Å². The Labute approximate surface area is 184 Å². The summed E-state index contributed by atoms with van der Waals surface area (Å²) in [5.74, 6) is -0.555. The van der Waals surface area contributed by atoms with Crippen LogP contribution in [0, 0.1) is 17.8 Å². The van der Waals surface area contributed by atoms with Gasteiger partial charge in [-0.3, -0.25) is 4.79 Å². The van der Waals surface area contributed by atoms with Crippen molar-refractivity contribution < 1.29 is 9.90 Å². The van der Waals surface area contributed by atoms with Gasteiger partial charge in [0, 0.05) is 28.7 Å². The average Bonchev–Trinajstić information content (AvgIpc) is 3.43. The lowest BCUT2D eigenvalue weighted by Crippen LogP contribution is -2.73. The zero-order valence-electron chi connectivity index (χ0n) is 15.6. The molecule has 10 N–H and O–H groups in total. The van der Waals surface area contributed by atoms with Crippen LogP contribution in [0.25, 0.3) is 0 Å². The third-order valence-corrected chi connectivity index (χ3v) is 8.90. The minimum absolute atomic E-state index is 0.105. The standard InChI is InChI=1S/C17H21BrClN9O2/c18-6-2-23-8-7(6)11-17(27-14(21)24-11)9-5(3-28(17)12(8)29)4(1-20)10(19)16(9)13(30)25-15(22)26-16/h2,4-5,9-11,13,23,30H,1,3,20H2,(H3,21,24,27)(H3,22,25,26)/t4-,5+,9+,10-,11+,13-,16+,17+/m1/s1. The number of hydrogen-bond donors (Lipinski definition) is 7. The molecule has 2 fully saturated rings. The first kappa shape index (κ1) is 18.7. The van der Waals surface area contributed by atoms with E-state index in [2.05, 4.69) is 41.5 Å². The molecule has 5 heterocycles. The van der Waals surface area contributed by atoms with Crippen LogP contribution in [-0.4, -0.2) is 68.7 Å². The lowest BCUT2D eigenvalue weighted by molar-refractivity contribution is -0.0124. The molecule has 0 radical (unpaired) electrons. The summed E-state index contributed by atoms with van der Waals surface area (Å²) in [6, 6.07) is -0.506. The number of H-pyrrole nitrogens is 1. The maximum Gasteiger partial charge on any atom is 0.272 e. The molecule has 13 heteroatoms. The molecular formula is C17H21BrClN9O2. The van der Waals surface area contributed by atoms with Gasteiger partial charge in [0.2, 0.25) is 0 Å². The van der Waals surface area contributed by atoms with Crippen molar-refractivity contribution in [3.63, 3.8) is 0 Å². The van der Waals surface area contributed by atoms with Crippen molar-refractivity contribution in [2.24, 2.45) is 44.9 Å². The van der Waals surface area contributed by atoms with Crippen LogP contribution in [0.15, 0.2) is 20.7 Å². The number of guanidine groups is 2. The monoisotopic (exact) mass is 497 g/mol. The van der Waals surface area contributed by atoms with Gasteiger partial charge in [-0.2, -0.15) is 0 Å². The molecule has 0 aromatic carbocycles. The van der Waals surface area contributed by atoms with E-state index in [-0.39, 0.29) is 29.7 Å². The Balaban J connectivity index is 1.61. The van der Waals surface area contributed by atoms with Gasteiger partial charge in [0.15, 0.2) is 18.1 Å². The van der Waals surface area contributed by atoms with Crippen LogP contribution in [0.2, 0.25) is 0 Å². The molecule has 8 atom stereocenters. The van der Waals surface area contributed by atoms with Gasteiger partial charge in [0.25, 0.3) is 5.91 Å². The minimum atomic E-state index is -1.20. The van der Waals surface area contributed by atoms with E-state index in [0.29, 0.717) is 18.8 Å². The number of nitrogens with one attached hydrogen (secondary N) is 3. The van der Waals surface area contributed by atoms with Crippen LogP contribution < -0.4 is 27.8 Å². The van der Waals surface area contributed by atoms with Gasteiger partial charge in [-0.25, -0.2) is 9.98 Å². The summed E-state index contributed by atoms with van der Waals surface area (Å²) in [7, 11) is 0. The van der Waals surface area contributed by atoms with Crippen LogP contribution in [0.4, 0.5) is 0 Å². The number of nitrogens with zero attached hydrogens (tertiary/aromatic N) is 3. The number of aliphatic hydroxyl groups is 1. The quantitative estimate of drug-likeness (QED) is 0.225. The number of alkyl halides is 1. The summed E-state index contributed by atoms with van der Waals surface area (Å²) in [4.78, 5) is 27.2. The number of nitrogens with two attached hydrogens (primary N) is 3. The van der Waals surface area contributed by atoms with Crippen molar-refractivity contribution in [1.29, 1.82) is 0 Å². The minimum Gasteiger partial charge on any atom is -0.370 e. The second kappa shape index (κ2) is 5.61. The normalized spacial score (nSPS) is 45.5. The van der Waals surface area contributed by atoms with E-state index in [9.17, 15) is 9.90 Å². The summed E-state index contributed by atoms with van der Waals surface area (Å²) in [6.07, 6.45) is 0.523. The highest BCUT2D eigenvalue weighted by Gasteiger charge is 2.79. The largest absolute Gasteiger partial charge is 0.370 e. The molecule has 1 aliphatic carbocycles. The molecule has 1 saturated carbocycles. The molecule has 0 unspecified atom stereocenters. The lowest BCUT2D eigenvalue weighted by atomic mass is 9.70. The van der Waals surface area contributed by atoms with Crippen LogP contribution >= 0.6 is 27.5 Å². The van der Waals surface area contributed by atoms with E-state index >= 15 is 0 Å². The number of hydrogen-bond acceptors (Lipinski definition) is 9. The number of carbonyl (C=O) groups excluding carboxylic acids is 1. The Kier molecular flexibility index (Phi) is 3.50. The molecule has 0 bridgehead atoms. The van der Waals surface area contributed by atoms with Gasteiger partial charge in [-0.15, -0.1) is 11.6 Å². The van der Waals surface area contributed by atoms with E-state index in [1.807, 2.05) is 0 Å². The second-order valence-electron chi connectivity index (χ2n) is 8.60. The maximum absolute atomic E-state index is 13.6. The number of aliphatic hydroxyl groups excluding tert-OH is 1. The second-order valence-corrected chi connectivity index (χ2v) is 9.92. The predicted octanol–water partition coefficient (Wildman–Crippen LogP) is -1.69. The summed E-state index contributed by atoms with van der Waals surface area (Å²) >= 11 is 10.5. The average molecular weight is 499 g/mol. The number of carbonyl (C=O) groups is 1. The molecule has 1 amide bonds. The SMILES string of the molecule is NC[C@@H]1[C@@H]2CN3C(=O)c4[nH]cc(Br)c4[C@@H]4N=C(N)N[C@]43[C@@H]2[C@]2(NC(N)=N[C@@H]2O)[C@@H]1Cl. The number of rotatable bonds is 1. The summed E-state index contributed by atoms with van der Waals surface area (Å²) in [6.45, 7) is 0.687. The van der Waals surface area contributed by atoms with E-state index in [0.717, 1.165) is 10.0 Å². The van der Waals surface area contributed by atoms with E-state index in [1.54, 1.807) is 11.1 Å². The number of aliphatic imine (C=N–C) groups is 2. The van der Waals surface area contributed by atoms with E-state index < -0.39 is 34.8 Å². The van der Waals surface area contributed by atoms with E-state index in [1.165, 1.54) is 0 Å². The molecule has 2 spiro atoms. The van der Waals surface area contributed by atoms with Gasteiger partial charge < -0.3 is 42.8 Å². The Morgan fingerprint density at radius 3 is 2.73 bits per heavy atom. The van der Waals surface area contributed by atoms with Crippen LogP contribution in [0.3, 0.4) is 0 Å². The van der Waals surface area contributed by atoms with Gasteiger partial charge in [0.05, 0.1) is 5.38 Å². The van der Waals surface area contributed by atoms with Crippen molar-refractivity contribution in [3.8, 4) is 0 Å². The fraction of sp³-hybridized carbons (Fsp3) is 0.588. The number of halogens is 2. The fourth-order valence-corrected chi connectivity index (χ4v) is 7.76. The highest BCUT2D eigenvalue weighted by Crippen LogP contribution is 2.64. The van der Waals surface area contributed by atoms with Crippen molar-refractivity contribution in [1.82, 2.24) is 20.5 Å². The molecule has 1 aromatic rings. The molecule has 1 saturated heterocycles. The molecule has 30 heavy (non-hydrogen) atoms. The first-order chi connectivity index (χ1) is 14.3. The highest BCUT2D eigenvalue weighted by atomic mass is 79.9. The molecule has 1 aromatic heterocycles. The van der Waals surface area contributed by atoms with Crippen LogP contribution in [0.5, 0.6) is 0 Å². The van der Waals surface area contributed by atoms with Gasteiger partial charge in [-0.1, -0.05) is 0 Å². The molecule has 160 valence electrons.